The lowest BCUT2D eigenvalue weighted by Gasteiger charge is -2.27. The maximum absolute atomic E-state index is 13.0. The highest BCUT2D eigenvalue weighted by Crippen LogP contribution is 2.28. The first-order valence-corrected chi connectivity index (χ1v) is 10.1. The predicted molar refractivity (Wildman–Crippen MR) is 108 cm³/mol. The molecule has 1 fully saturated rings. The number of nitrogens with one attached hydrogen (secondary N) is 1. The number of nitrogens with two attached hydrogens (primary N) is 1. The lowest BCUT2D eigenvalue weighted by molar-refractivity contribution is -0.140. The number of hydrogen-bond acceptors (Lipinski definition) is 4. The summed E-state index contributed by atoms with van der Waals surface area (Å²) < 4.78 is 0. The van der Waals surface area contributed by atoms with Crippen molar-refractivity contribution in [2.75, 3.05) is 13.1 Å². The molecule has 158 valence electrons. The first kappa shape index (κ1) is 22.4. The van der Waals surface area contributed by atoms with E-state index in [0.29, 0.717) is 12.8 Å². The van der Waals surface area contributed by atoms with Crippen molar-refractivity contribution < 1.29 is 19.2 Å². The molecule has 1 aromatic rings. The molecule has 1 saturated heterocycles. The Morgan fingerprint density at radius 3 is 2.28 bits per heavy atom. The summed E-state index contributed by atoms with van der Waals surface area (Å²) in [7, 11) is 0. The Kier molecular flexibility index (Phi) is 7.75. The van der Waals surface area contributed by atoms with Crippen LogP contribution in [0.5, 0.6) is 0 Å². The molecular weight excluding hydrogens is 372 g/mol. The second-order valence-corrected chi connectivity index (χ2v) is 7.42. The normalized spacial score (nSPS) is 15.3. The fraction of sp³-hybridized carbons (Fsp3) is 0.524. The molecule has 2 rings (SSSR count). The van der Waals surface area contributed by atoms with Crippen molar-refractivity contribution in [2.45, 2.75) is 58.0 Å². The van der Waals surface area contributed by atoms with Crippen LogP contribution in [0.15, 0.2) is 30.3 Å². The van der Waals surface area contributed by atoms with Gasteiger partial charge in [0.15, 0.2) is 0 Å². The fourth-order valence-corrected chi connectivity index (χ4v) is 3.71. The highest BCUT2D eigenvalue weighted by molar-refractivity contribution is 6.09. The molecule has 0 spiro atoms. The van der Waals surface area contributed by atoms with Crippen LogP contribution in [0.1, 0.15) is 51.5 Å². The molecule has 0 aliphatic carbocycles. The van der Waals surface area contributed by atoms with E-state index in [0.717, 1.165) is 23.3 Å². The average molecular weight is 402 g/mol. The third kappa shape index (κ3) is 5.56. The minimum Gasteiger partial charge on any atom is -0.370 e. The van der Waals surface area contributed by atoms with Crippen molar-refractivity contribution >= 4 is 23.8 Å². The third-order valence-electron chi connectivity index (χ3n) is 5.09. The Morgan fingerprint density at radius 1 is 1.10 bits per heavy atom. The van der Waals surface area contributed by atoms with Crippen molar-refractivity contribution in [1.82, 2.24) is 15.1 Å². The molecule has 5 amide bonds. The summed E-state index contributed by atoms with van der Waals surface area (Å²) in [5.41, 5.74) is 5.19. The van der Waals surface area contributed by atoms with Crippen molar-refractivity contribution in [3.8, 4) is 0 Å². The number of urea groups is 1. The van der Waals surface area contributed by atoms with Gasteiger partial charge >= 0.3 is 6.03 Å². The topological polar surface area (TPSA) is 113 Å². The number of primary amides is 1. The summed E-state index contributed by atoms with van der Waals surface area (Å²) in [6.07, 6.45) is 2.56. The van der Waals surface area contributed by atoms with Gasteiger partial charge in [0.05, 0.1) is 0 Å². The first-order valence-electron chi connectivity index (χ1n) is 10.1. The minimum atomic E-state index is -0.932. The zero-order chi connectivity index (χ0) is 21.4. The van der Waals surface area contributed by atoms with Gasteiger partial charge in [-0.1, -0.05) is 57.0 Å². The van der Waals surface area contributed by atoms with Crippen LogP contribution in [0.3, 0.4) is 0 Å². The van der Waals surface area contributed by atoms with E-state index in [-0.39, 0.29) is 32.0 Å². The number of nitrogens with zero attached hydrogens (tertiary/aromatic N) is 2. The van der Waals surface area contributed by atoms with Gasteiger partial charge in [0.2, 0.25) is 11.8 Å². The van der Waals surface area contributed by atoms with Crippen LogP contribution in [0.25, 0.3) is 0 Å². The summed E-state index contributed by atoms with van der Waals surface area (Å²) in [5, 5.41) is 2.81. The summed E-state index contributed by atoms with van der Waals surface area (Å²) in [4.78, 5) is 52.1. The second-order valence-electron chi connectivity index (χ2n) is 7.42. The molecule has 0 unspecified atom stereocenters. The molecule has 1 heterocycles. The van der Waals surface area contributed by atoms with Crippen LogP contribution in [0.4, 0.5) is 4.79 Å². The molecule has 0 bridgehead atoms. The van der Waals surface area contributed by atoms with Gasteiger partial charge in [-0.2, -0.15) is 0 Å². The van der Waals surface area contributed by atoms with Crippen LogP contribution >= 0.6 is 0 Å². The number of amides is 5. The van der Waals surface area contributed by atoms with E-state index in [2.05, 4.69) is 5.32 Å². The highest BCUT2D eigenvalue weighted by atomic mass is 16.2. The Hall–Kier alpha value is -2.90. The summed E-state index contributed by atoms with van der Waals surface area (Å²) in [6.45, 7) is 3.95. The molecule has 0 atom stereocenters. The molecule has 1 aliphatic rings. The van der Waals surface area contributed by atoms with E-state index in [9.17, 15) is 19.2 Å². The van der Waals surface area contributed by atoms with Crippen molar-refractivity contribution in [3.05, 3.63) is 35.9 Å². The largest absolute Gasteiger partial charge is 0.370 e. The maximum Gasteiger partial charge on any atom is 0.325 e. The van der Waals surface area contributed by atoms with E-state index >= 15 is 0 Å². The molecule has 29 heavy (non-hydrogen) atoms. The average Bonchev–Trinajstić information content (AvgIpc) is 2.90. The van der Waals surface area contributed by atoms with Gasteiger partial charge in [-0.05, 0) is 18.4 Å². The number of carbonyl (C=O) groups excluding carboxylic acids is 4. The Labute approximate surface area is 171 Å². The van der Waals surface area contributed by atoms with Gasteiger partial charge in [-0.25, -0.2) is 4.79 Å². The van der Waals surface area contributed by atoms with Gasteiger partial charge in [-0.3, -0.25) is 19.3 Å². The minimum absolute atomic E-state index is 0.00826. The SMILES string of the molecule is CCCC1(CCC)NC(=O)N(CC(=O)N(CCC(N)=O)Cc2ccccc2)C1=O. The van der Waals surface area contributed by atoms with E-state index in [4.69, 9.17) is 5.73 Å². The summed E-state index contributed by atoms with van der Waals surface area (Å²) >= 11 is 0. The lowest BCUT2D eigenvalue weighted by Crippen LogP contribution is -2.48. The Balaban J connectivity index is 2.15. The second kappa shape index (κ2) is 10.0. The first-order chi connectivity index (χ1) is 13.8. The van der Waals surface area contributed by atoms with E-state index in [1.165, 1.54) is 4.90 Å². The molecular formula is C21H30N4O4. The smallest absolute Gasteiger partial charge is 0.325 e. The number of imide groups is 1. The molecule has 3 N–H and O–H groups in total. The van der Waals surface area contributed by atoms with Gasteiger partial charge < -0.3 is 16.0 Å². The van der Waals surface area contributed by atoms with Crippen LogP contribution in [0.2, 0.25) is 0 Å². The van der Waals surface area contributed by atoms with Gasteiger partial charge in [0.25, 0.3) is 5.91 Å². The molecule has 1 aromatic carbocycles. The maximum atomic E-state index is 13.0. The molecule has 8 heteroatoms. The number of benzene rings is 1. The zero-order valence-electron chi connectivity index (χ0n) is 17.1. The number of carbonyl (C=O) groups is 4. The predicted octanol–water partition coefficient (Wildman–Crippen LogP) is 1.78. The van der Waals surface area contributed by atoms with Crippen LogP contribution in [0, 0.1) is 0 Å². The summed E-state index contributed by atoms with van der Waals surface area (Å²) in [6, 6.07) is 8.77. The van der Waals surface area contributed by atoms with Gasteiger partial charge in [0.1, 0.15) is 12.1 Å². The lowest BCUT2D eigenvalue weighted by atomic mass is 9.88. The van der Waals surface area contributed by atoms with Crippen molar-refractivity contribution in [1.29, 1.82) is 0 Å². The van der Waals surface area contributed by atoms with Crippen molar-refractivity contribution in [3.63, 3.8) is 0 Å². The van der Waals surface area contributed by atoms with Crippen LogP contribution in [-0.4, -0.2) is 52.2 Å². The molecule has 0 saturated carbocycles. The fourth-order valence-electron chi connectivity index (χ4n) is 3.71. The third-order valence-corrected chi connectivity index (χ3v) is 5.09. The van der Waals surface area contributed by atoms with E-state index in [1.807, 2.05) is 44.2 Å². The summed E-state index contributed by atoms with van der Waals surface area (Å²) in [5.74, 6) is -1.27. The van der Waals surface area contributed by atoms with Crippen LogP contribution < -0.4 is 11.1 Å². The monoisotopic (exact) mass is 402 g/mol. The number of rotatable bonds is 11. The molecule has 1 aliphatic heterocycles. The standard InChI is InChI=1S/C21H30N4O4/c1-3-11-21(12-4-2)19(28)25(20(29)23-21)15-18(27)24(13-10-17(22)26)14-16-8-6-5-7-9-16/h5-9H,3-4,10-15H2,1-2H3,(H2,22,26)(H,23,29). The Bertz CT molecular complexity index is 744. The van der Waals surface area contributed by atoms with Crippen molar-refractivity contribution in [2.24, 2.45) is 5.73 Å². The van der Waals surface area contributed by atoms with E-state index in [1.54, 1.807) is 0 Å². The number of hydrogen-bond donors (Lipinski definition) is 2. The van der Waals surface area contributed by atoms with Crippen LogP contribution in [-0.2, 0) is 20.9 Å². The molecule has 0 aromatic heterocycles. The van der Waals surface area contributed by atoms with E-state index < -0.39 is 23.4 Å². The molecule has 8 nitrogen and oxygen atoms in total. The Morgan fingerprint density at radius 2 is 1.72 bits per heavy atom. The quantitative estimate of drug-likeness (QED) is 0.549. The zero-order valence-corrected chi connectivity index (χ0v) is 17.1. The molecule has 0 radical (unpaired) electrons. The van der Waals surface area contributed by atoms with Gasteiger partial charge in [-0.15, -0.1) is 0 Å². The highest BCUT2D eigenvalue weighted by Gasteiger charge is 2.50. The van der Waals surface area contributed by atoms with Gasteiger partial charge in [0, 0.05) is 19.5 Å².